The number of nitrogens with zero attached hydrogens (tertiary/aromatic N) is 5. The van der Waals surface area contributed by atoms with E-state index < -0.39 is 19.6 Å². The molecular weight excluding hydrogens is 474 g/mol. The summed E-state index contributed by atoms with van der Waals surface area (Å²) >= 11 is 0. The van der Waals surface area contributed by atoms with Crippen LogP contribution in [0.25, 0.3) is 0 Å². The number of rotatable bonds is 6. The third kappa shape index (κ3) is 6.07. The second-order valence-corrected chi connectivity index (χ2v) is 13.1. The Morgan fingerprint density at radius 3 is 2.53 bits per heavy atom. The molecule has 0 saturated heterocycles. The number of hydrogen-bond acceptors (Lipinski definition) is 10. The zero-order valence-electron chi connectivity index (χ0n) is 19.4. The summed E-state index contributed by atoms with van der Waals surface area (Å²) in [6.07, 6.45) is 6.38. The second-order valence-electron chi connectivity index (χ2n) is 8.55. The van der Waals surface area contributed by atoms with E-state index in [1.807, 2.05) is 6.07 Å². The predicted octanol–water partition coefficient (Wildman–Crippen LogP) is 3.11. The number of anilines is 4. The molecule has 4 rings (SSSR count). The number of nitrogens with one attached hydrogen (secondary N) is 2. The van der Waals surface area contributed by atoms with Crippen molar-refractivity contribution in [3.63, 3.8) is 0 Å². The highest BCUT2D eigenvalue weighted by Gasteiger charge is 2.18. The van der Waals surface area contributed by atoms with Gasteiger partial charge in [-0.1, -0.05) is 12.1 Å². The van der Waals surface area contributed by atoms with Crippen LogP contribution < -0.4 is 10.6 Å². The smallest absolute Gasteiger partial charge is 0.229 e. The molecule has 0 spiro atoms. The molecule has 34 heavy (non-hydrogen) atoms. The van der Waals surface area contributed by atoms with Crippen LogP contribution in [-0.2, 0) is 32.5 Å². The molecule has 0 saturated carbocycles. The van der Waals surface area contributed by atoms with Gasteiger partial charge in [0.15, 0.2) is 21.5 Å². The van der Waals surface area contributed by atoms with E-state index >= 15 is 0 Å². The van der Waals surface area contributed by atoms with E-state index in [1.165, 1.54) is 29.8 Å². The van der Waals surface area contributed by atoms with Crippen LogP contribution >= 0.6 is 0 Å². The van der Waals surface area contributed by atoms with E-state index in [0.29, 0.717) is 5.82 Å². The van der Waals surface area contributed by atoms with Gasteiger partial charge in [-0.05, 0) is 48.9 Å². The number of fused-ring (bicyclic) bond motifs is 1. The first-order chi connectivity index (χ1) is 16.0. The monoisotopic (exact) mass is 501 g/mol. The second kappa shape index (κ2) is 9.28. The summed E-state index contributed by atoms with van der Waals surface area (Å²) in [4.78, 5) is 15.1. The summed E-state index contributed by atoms with van der Waals surface area (Å²) in [6.45, 7) is 1.89. The van der Waals surface area contributed by atoms with Crippen molar-refractivity contribution >= 4 is 48.7 Å². The van der Waals surface area contributed by atoms with Crippen molar-refractivity contribution in [2.45, 2.75) is 17.9 Å². The van der Waals surface area contributed by atoms with Crippen LogP contribution in [0.2, 0.25) is 0 Å². The quantitative estimate of drug-likeness (QED) is 0.523. The molecule has 0 fully saturated rings. The number of sulfone groups is 1. The average Bonchev–Trinajstić information content (AvgIpc) is 2.72. The molecule has 0 aliphatic carbocycles. The van der Waals surface area contributed by atoms with Gasteiger partial charge in [-0.2, -0.15) is 9.35 Å². The van der Waals surface area contributed by atoms with Crippen molar-refractivity contribution in [1.82, 2.24) is 19.9 Å². The van der Waals surface area contributed by atoms with Crippen LogP contribution in [0.5, 0.6) is 0 Å². The Hall–Kier alpha value is -3.09. The molecule has 2 N–H and O–H groups in total. The molecule has 1 aliphatic heterocycles. The minimum Gasteiger partial charge on any atom is -0.324 e. The van der Waals surface area contributed by atoms with E-state index in [0.717, 1.165) is 31.5 Å². The Balaban J connectivity index is 1.66. The van der Waals surface area contributed by atoms with Gasteiger partial charge in [0.05, 0.1) is 6.20 Å². The molecule has 12 heteroatoms. The zero-order valence-corrected chi connectivity index (χ0v) is 21.1. The fourth-order valence-corrected chi connectivity index (χ4v) is 4.83. The zero-order chi connectivity index (χ0) is 24.5. The predicted molar refractivity (Wildman–Crippen MR) is 135 cm³/mol. The number of pyridine rings is 1. The van der Waals surface area contributed by atoms with Gasteiger partial charge in [-0.3, -0.25) is 0 Å². The highest BCUT2D eigenvalue weighted by atomic mass is 32.2. The van der Waals surface area contributed by atoms with Crippen LogP contribution in [0.15, 0.2) is 51.9 Å². The number of aromatic nitrogens is 3. The third-order valence-corrected chi connectivity index (χ3v) is 6.84. The molecule has 1 aliphatic rings. The van der Waals surface area contributed by atoms with Gasteiger partial charge in [-0.25, -0.2) is 22.6 Å². The molecule has 0 unspecified atom stereocenters. The van der Waals surface area contributed by atoms with Gasteiger partial charge in [-0.15, -0.1) is 0 Å². The van der Waals surface area contributed by atoms with Crippen LogP contribution in [0.4, 0.5) is 29.1 Å². The minimum atomic E-state index is -3.62. The molecule has 3 heterocycles. The lowest BCUT2D eigenvalue weighted by Crippen LogP contribution is -2.26. The largest absolute Gasteiger partial charge is 0.324 e. The topological polar surface area (TPSA) is 130 Å². The molecule has 0 radical (unpaired) electrons. The average molecular weight is 502 g/mol. The Kier molecular flexibility index (Phi) is 6.56. The fourth-order valence-electron chi connectivity index (χ4n) is 3.59. The molecule has 2 aromatic heterocycles. The third-order valence-electron chi connectivity index (χ3n) is 5.11. The van der Waals surface area contributed by atoms with Crippen LogP contribution in [0.3, 0.4) is 0 Å². The minimum absolute atomic E-state index is 0.0657. The van der Waals surface area contributed by atoms with E-state index in [9.17, 15) is 12.6 Å². The maximum atomic E-state index is 12.3. The van der Waals surface area contributed by atoms with Crippen LogP contribution in [-0.4, -0.2) is 64.8 Å². The van der Waals surface area contributed by atoms with Gasteiger partial charge in [0.2, 0.25) is 5.95 Å². The molecule has 180 valence electrons. The fraction of sp³-hybridized carbons (Fsp3) is 0.318. The first-order valence-electron chi connectivity index (χ1n) is 10.5. The summed E-state index contributed by atoms with van der Waals surface area (Å²) < 4.78 is 40.8. The Morgan fingerprint density at radius 2 is 1.79 bits per heavy atom. The Morgan fingerprint density at radius 1 is 1.00 bits per heavy atom. The summed E-state index contributed by atoms with van der Waals surface area (Å²) in [5.74, 6) is 0.907. The molecule has 0 bridgehead atoms. The number of likely N-dealkylation sites (N-methyl/N-ethyl adjacent to an activating group) is 1. The van der Waals surface area contributed by atoms with Gasteiger partial charge < -0.3 is 15.5 Å². The Labute approximate surface area is 200 Å². The van der Waals surface area contributed by atoms with Gasteiger partial charge in [0.1, 0.15) is 10.7 Å². The van der Waals surface area contributed by atoms with Crippen molar-refractivity contribution in [1.29, 1.82) is 0 Å². The first-order valence-corrected chi connectivity index (χ1v) is 14.7. The molecule has 0 atom stereocenters. The summed E-state index contributed by atoms with van der Waals surface area (Å²) in [5.41, 5.74) is 3.36. The van der Waals surface area contributed by atoms with Gasteiger partial charge in [0, 0.05) is 47.3 Å². The lowest BCUT2D eigenvalue weighted by molar-refractivity contribution is 0.313. The van der Waals surface area contributed by atoms with Crippen molar-refractivity contribution < 1.29 is 12.6 Å². The standard InChI is InChI=1S/C22H27N7O3S2/c1-29-11-10-15-8-9-17(12-16(15)14-29)24-22-23-13-18(34(4,31)32)21(27-22)26-19-6-5-7-20(25-19)28-33(2,3)30/h5-9,12-13H,10-11,14H2,1-4H3,(H2,23,24,25,26,27). The highest BCUT2D eigenvalue weighted by molar-refractivity contribution is 7.92. The summed E-state index contributed by atoms with van der Waals surface area (Å²) in [6, 6.07) is 11.1. The van der Waals surface area contributed by atoms with Crippen LogP contribution in [0, 0.1) is 0 Å². The van der Waals surface area contributed by atoms with Crippen molar-refractivity contribution in [3.8, 4) is 0 Å². The van der Waals surface area contributed by atoms with E-state index in [4.69, 9.17) is 0 Å². The molecule has 3 aromatic rings. The van der Waals surface area contributed by atoms with Gasteiger partial charge >= 0.3 is 0 Å². The lowest BCUT2D eigenvalue weighted by Gasteiger charge is -2.25. The van der Waals surface area contributed by atoms with Gasteiger partial charge in [0.25, 0.3) is 0 Å². The molecule has 0 amide bonds. The lowest BCUT2D eigenvalue weighted by atomic mass is 9.99. The number of hydrogen-bond donors (Lipinski definition) is 2. The van der Waals surface area contributed by atoms with Crippen molar-refractivity contribution in [3.05, 3.63) is 53.7 Å². The van der Waals surface area contributed by atoms with Crippen molar-refractivity contribution in [2.75, 3.05) is 43.0 Å². The molecule has 10 nitrogen and oxygen atoms in total. The maximum Gasteiger partial charge on any atom is 0.229 e. The normalized spacial score (nSPS) is 14.4. The highest BCUT2D eigenvalue weighted by Crippen LogP contribution is 2.27. The Bertz CT molecular complexity index is 1460. The first kappa shape index (κ1) is 24.0. The number of benzene rings is 1. The van der Waals surface area contributed by atoms with Crippen molar-refractivity contribution in [2.24, 2.45) is 4.36 Å². The van der Waals surface area contributed by atoms with Crippen LogP contribution in [0.1, 0.15) is 11.1 Å². The summed E-state index contributed by atoms with van der Waals surface area (Å²) in [5, 5.41) is 6.11. The molecule has 1 aromatic carbocycles. The van der Waals surface area contributed by atoms with E-state index in [-0.39, 0.29) is 22.5 Å². The molecular formula is C22H27N7O3S2. The van der Waals surface area contributed by atoms with E-state index in [1.54, 1.807) is 18.2 Å². The maximum absolute atomic E-state index is 12.3. The SMILES string of the molecule is CN1CCc2ccc(Nc3ncc(S(C)(=O)=O)c(Nc4cccc(N=S(C)(C)=O)n4)n3)cc2C1. The summed E-state index contributed by atoms with van der Waals surface area (Å²) in [7, 11) is -3.93. The van der Waals surface area contributed by atoms with E-state index in [2.05, 4.69) is 54.0 Å².